The minimum absolute atomic E-state index is 0.0561. The Kier molecular flexibility index (Phi) is 4.51. The lowest BCUT2D eigenvalue weighted by atomic mass is 10.3. The molecule has 0 atom stereocenters. The predicted molar refractivity (Wildman–Crippen MR) is 64.6 cm³/mol. The number of benzene rings is 1. The quantitative estimate of drug-likeness (QED) is 0.820. The molecule has 0 radical (unpaired) electrons. The lowest BCUT2D eigenvalue weighted by Crippen LogP contribution is -2.37. The van der Waals surface area contributed by atoms with E-state index in [9.17, 15) is 4.79 Å². The summed E-state index contributed by atoms with van der Waals surface area (Å²) in [6.07, 6.45) is 0. The minimum Gasteiger partial charge on any atom is -0.484 e. The molecule has 0 aliphatic carbocycles. The molecule has 0 aromatic heterocycles. The molecule has 15 heavy (non-hydrogen) atoms. The van der Waals surface area contributed by atoms with Crippen LogP contribution in [-0.4, -0.2) is 17.6 Å². The van der Waals surface area contributed by atoms with Crippen molar-refractivity contribution in [2.45, 2.75) is 0 Å². The molecule has 3 N–H and O–H groups in total. The van der Waals surface area contributed by atoms with Gasteiger partial charge >= 0.3 is 0 Å². The maximum Gasteiger partial charge on any atom is 0.264 e. The lowest BCUT2D eigenvalue weighted by molar-refractivity contribution is -0.121. The summed E-state index contributed by atoms with van der Waals surface area (Å²) in [4.78, 5) is 11.1. The largest absolute Gasteiger partial charge is 0.484 e. The Labute approximate surface area is 101 Å². The molecule has 0 saturated heterocycles. The fourth-order valence-corrected chi connectivity index (χ4v) is 1.23. The van der Waals surface area contributed by atoms with Gasteiger partial charge in [-0.3, -0.25) is 4.79 Å². The molecule has 0 fully saturated rings. The SMILES string of the molecule is NC(=S)NC(=O)COc1ccc(Br)cc1. The van der Waals surface area contributed by atoms with Gasteiger partial charge in [0.25, 0.3) is 5.91 Å². The Balaban J connectivity index is 2.40. The van der Waals surface area contributed by atoms with E-state index in [1.807, 2.05) is 12.1 Å². The molecule has 4 nitrogen and oxygen atoms in total. The van der Waals surface area contributed by atoms with Crippen LogP contribution in [-0.2, 0) is 4.79 Å². The van der Waals surface area contributed by atoms with Gasteiger partial charge in [0.1, 0.15) is 5.75 Å². The summed E-state index contributed by atoms with van der Waals surface area (Å²) in [5.41, 5.74) is 5.12. The van der Waals surface area contributed by atoms with Crippen LogP contribution in [0.5, 0.6) is 5.75 Å². The zero-order valence-corrected chi connectivity index (χ0v) is 10.1. The van der Waals surface area contributed by atoms with E-state index < -0.39 is 0 Å². The summed E-state index contributed by atoms with van der Waals surface area (Å²) in [6.45, 7) is -0.112. The van der Waals surface area contributed by atoms with E-state index in [0.29, 0.717) is 5.75 Å². The van der Waals surface area contributed by atoms with Gasteiger partial charge in [-0.25, -0.2) is 0 Å². The molecule has 0 spiro atoms. The van der Waals surface area contributed by atoms with Gasteiger partial charge in [0, 0.05) is 4.47 Å². The van der Waals surface area contributed by atoms with E-state index >= 15 is 0 Å². The fourth-order valence-electron chi connectivity index (χ4n) is 0.853. The Morgan fingerprint density at radius 3 is 2.60 bits per heavy atom. The van der Waals surface area contributed by atoms with E-state index in [-0.39, 0.29) is 17.6 Å². The molecule has 0 aliphatic rings. The number of carbonyl (C=O) groups is 1. The third-order valence-corrected chi connectivity index (χ3v) is 2.08. The summed E-state index contributed by atoms with van der Waals surface area (Å²) in [7, 11) is 0. The highest BCUT2D eigenvalue weighted by molar-refractivity contribution is 9.10. The highest BCUT2D eigenvalue weighted by Crippen LogP contribution is 2.15. The van der Waals surface area contributed by atoms with Crippen molar-refractivity contribution in [3.8, 4) is 5.75 Å². The second kappa shape index (κ2) is 5.67. The van der Waals surface area contributed by atoms with E-state index in [1.165, 1.54) is 0 Å². The number of thiocarbonyl (C=S) groups is 1. The molecule has 1 rings (SSSR count). The smallest absolute Gasteiger partial charge is 0.264 e. The number of nitrogens with one attached hydrogen (secondary N) is 1. The standard InChI is InChI=1S/C9H9BrN2O2S/c10-6-1-3-7(4-2-6)14-5-8(13)12-9(11)15/h1-4H,5H2,(H3,11,12,13,15). The molecule has 0 aliphatic heterocycles. The van der Waals surface area contributed by atoms with Crippen molar-refractivity contribution in [3.05, 3.63) is 28.7 Å². The minimum atomic E-state index is -0.370. The van der Waals surface area contributed by atoms with Gasteiger partial charge in [0.05, 0.1) is 0 Å². The Bertz CT molecular complexity index is 367. The fraction of sp³-hybridized carbons (Fsp3) is 0.111. The molecule has 1 aromatic rings. The zero-order valence-electron chi connectivity index (χ0n) is 7.70. The Morgan fingerprint density at radius 2 is 2.07 bits per heavy atom. The topological polar surface area (TPSA) is 64.3 Å². The van der Waals surface area contributed by atoms with Gasteiger partial charge in [-0.15, -0.1) is 0 Å². The second-order valence-corrected chi connectivity index (χ2v) is 4.01. The van der Waals surface area contributed by atoms with Crippen LogP contribution in [0.3, 0.4) is 0 Å². The third kappa shape index (κ3) is 4.75. The number of ether oxygens (including phenoxy) is 1. The van der Waals surface area contributed by atoms with Crippen LogP contribution in [0.15, 0.2) is 28.7 Å². The molecular formula is C9H9BrN2O2S. The molecule has 6 heteroatoms. The van der Waals surface area contributed by atoms with Crippen molar-refractivity contribution in [2.75, 3.05) is 6.61 Å². The van der Waals surface area contributed by atoms with Crippen LogP contribution in [0.4, 0.5) is 0 Å². The van der Waals surface area contributed by atoms with Crippen molar-refractivity contribution in [3.63, 3.8) is 0 Å². The highest BCUT2D eigenvalue weighted by Gasteiger charge is 2.02. The monoisotopic (exact) mass is 288 g/mol. The van der Waals surface area contributed by atoms with Crippen molar-refractivity contribution in [1.29, 1.82) is 0 Å². The van der Waals surface area contributed by atoms with Crippen LogP contribution in [0.1, 0.15) is 0 Å². The van der Waals surface area contributed by atoms with E-state index in [4.69, 9.17) is 10.5 Å². The van der Waals surface area contributed by atoms with Crippen LogP contribution in [0.25, 0.3) is 0 Å². The van der Waals surface area contributed by atoms with Crippen LogP contribution in [0, 0.1) is 0 Å². The van der Waals surface area contributed by atoms with Gasteiger partial charge in [0.15, 0.2) is 11.7 Å². The van der Waals surface area contributed by atoms with Gasteiger partial charge < -0.3 is 15.8 Å². The van der Waals surface area contributed by atoms with Crippen LogP contribution in [0.2, 0.25) is 0 Å². The normalized spacial score (nSPS) is 9.40. The zero-order chi connectivity index (χ0) is 11.3. The average molecular weight is 289 g/mol. The number of rotatable bonds is 3. The maximum atomic E-state index is 11.1. The van der Waals surface area contributed by atoms with E-state index in [2.05, 4.69) is 33.5 Å². The summed E-state index contributed by atoms with van der Waals surface area (Å²) in [6, 6.07) is 7.14. The highest BCUT2D eigenvalue weighted by atomic mass is 79.9. The molecule has 0 unspecified atom stereocenters. The number of carbonyl (C=O) groups excluding carboxylic acids is 1. The first-order valence-electron chi connectivity index (χ1n) is 4.05. The van der Waals surface area contributed by atoms with Crippen molar-refractivity contribution >= 4 is 39.2 Å². The van der Waals surface area contributed by atoms with Crippen molar-refractivity contribution in [1.82, 2.24) is 5.32 Å². The summed E-state index contributed by atoms with van der Waals surface area (Å²) < 4.78 is 6.12. The van der Waals surface area contributed by atoms with E-state index in [0.717, 1.165) is 4.47 Å². The number of amides is 1. The molecule has 0 heterocycles. The molecular weight excluding hydrogens is 280 g/mol. The van der Waals surface area contributed by atoms with Crippen molar-refractivity contribution < 1.29 is 9.53 Å². The first-order chi connectivity index (χ1) is 7.08. The molecule has 1 amide bonds. The Hall–Kier alpha value is -1.14. The average Bonchev–Trinajstić information content (AvgIpc) is 2.16. The van der Waals surface area contributed by atoms with Gasteiger partial charge in [-0.05, 0) is 36.5 Å². The molecule has 80 valence electrons. The van der Waals surface area contributed by atoms with Gasteiger partial charge in [0.2, 0.25) is 0 Å². The number of nitrogens with two attached hydrogens (primary N) is 1. The first-order valence-corrected chi connectivity index (χ1v) is 5.25. The van der Waals surface area contributed by atoms with Crippen LogP contribution < -0.4 is 15.8 Å². The first kappa shape index (κ1) is 11.9. The van der Waals surface area contributed by atoms with Gasteiger partial charge in [-0.2, -0.15) is 0 Å². The lowest BCUT2D eigenvalue weighted by Gasteiger charge is -2.05. The second-order valence-electron chi connectivity index (χ2n) is 2.66. The predicted octanol–water partition coefficient (Wildman–Crippen LogP) is 1.19. The van der Waals surface area contributed by atoms with Crippen LogP contribution >= 0.6 is 28.1 Å². The van der Waals surface area contributed by atoms with Gasteiger partial charge in [-0.1, -0.05) is 15.9 Å². The molecule has 0 bridgehead atoms. The molecule has 0 saturated carbocycles. The van der Waals surface area contributed by atoms with Crippen molar-refractivity contribution in [2.24, 2.45) is 5.73 Å². The Morgan fingerprint density at radius 1 is 1.47 bits per heavy atom. The molecule has 1 aromatic carbocycles. The summed E-state index contributed by atoms with van der Waals surface area (Å²) in [5.74, 6) is 0.238. The number of halogens is 1. The summed E-state index contributed by atoms with van der Waals surface area (Å²) in [5, 5.41) is 2.20. The van der Waals surface area contributed by atoms with E-state index in [1.54, 1.807) is 12.1 Å². The third-order valence-electron chi connectivity index (χ3n) is 1.45. The summed E-state index contributed by atoms with van der Waals surface area (Å²) >= 11 is 7.79. The number of hydrogen-bond acceptors (Lipinski definition) is 3. The maximum absolute atomic E-state index is 11.1. The number of hydrogen-bond donors (Lipinski definition) is 2.